The predicted molar refractivity (Wildman–Crippen MR) is 86.2 cm³/mol. The summed E-state index contributed by atoms with van der Waals surface area (Å²) in [5, 5.41) is 0. The maximum atomic E-state index is 12.1. The molecule has 5 heteroatoms. The number of carbonyl (C=O) groups is 1. The van der Waals surface area contributed by atoms with Gasteiger partial charge in [-0.25, -0.2) is 0 Å². The average molecular weight is 304 g/mol. The third-order valence-corrected chi connectivity index (χ3v) is 4.20. The number of anilines is 1. The molecule has 0 atom stereocenters. The molecule has 1 aromatic carbocycles. The highest BCUT2D eigenvalue weighted by Crippen LogP contribution is 2.22. The Morgan fingerprint density at radius 3 is 2.67 bits per heavy atom. The molecule has 1 heterocycles. The van der Waals surface area contributed by atoms with Crippen molar-refractivity contribution in [2.24, 2.45) is 0 Å². The second kappa shape index (κ2) is 6.72. The molecule has 0 spiro atoms. The molecule has 0 radical (unpaired) electrons. The fourth-order valence-corrected chi connectivity index (χ4v) is 2.82. The van der Waals surface area contributed by atoms with Crippen molar-refractivity contribution >= 4 is 23.4 Å². The summed E-state index contributed by atoms with van der Waals surface area (Å²) in [7, 11) is 1.79. The van der Waals surface area contributed by atoms with Gasteiger partial charge in [-0.05, 0) is 49.7 Å². The van der Waals surface area contributed by atoms with E-state index in [-0.39, 0.29) is 5.91 Å². The van der Waals surface area contributed by atoms with E-state index in [0.29, 0.717) is 12.3 Å². The molecule has 0 fully saturated rings. The molecule has 2 aromatic rings. The van der Waals surface area contributed by atoms with Crippen LogP contribution in [0.15, 0.2) is 39.6 Å². The van der Waals surface area contributed by atoms with Crippen molar-refractivity contribution in [2.45, 2.75) is 25.3 Å². The van der Waals surface area contributed by atoms with E-state index in [1.165, 1.54) is 11.8 Å². The number of amides is 1. The number of hydrogen-bond donors (Lipinski definition) is 1. The molecule has 2 N–H and O–H groups in total. The van der Waals surface area contributed by atoms with Crippen LogP contribution in [-0.2, 0) is 11.3 Å². The summed E-state index contributed by atoms with van der Waals surface area (Å²) in [6.45, 7) is 4.35. The van der Waals surface area contributed by atoms with E-state index < -0.39 is 0 Å². The number of thioether (sulfide) groups is 1. The second-order valence-electron chi connectivity index (χ2n) is 5.07. The number of nitrogens with two attached hydrogens (primary N) is 1. The van der Waals surface area contributed by atoms with Gasteiger partial charge in [0.25, 0.3) is 0 Å². The van der Waals surface area contributed by atoms with Gasteiger partial charge >= 0.3 is 0 Å². The summed E-state index contributed by atoms with van der Waals surface area (Å²) in [6, 6.07) is 9.62. The summed E-state index contributed by atoms with van der Waals surface area (Å²) >= 11 is 1.52. The summed E-state index contributed by atoms with van der Waals surface area (Å²) in [6.07, 6.45) is 0. The number of nitrogens with zero attached hydrogens (tertiary/aromatic N) is 1. The second-order valence-corrected chi connectivity index (χ2v) is 6.12. The van der Waals surface area contributed by atoms with Gasteiger partial charge in [0.2, 0.25) is 5.91 Å². The predicted octanol–water partition coefficient (Wildman–Crippen LogP) is 3.23. The van der Waals surface area contributed by atoms with E-state index in [4.69, 9.17) is 10.2 Å². The molecule has 0 aliphatic rings. The van der Waals surface area contributed by atoms with Gasteiger partial charge in [-0.2, -0.15) is 0 Å². The molecular weight excluding hydrogens is 284 g/mol. The lowest BCUT2D eigenvalue weighted by atomic mass is 10.2. The maximum Gasteiger partial charge on any atom is 0.233 e. The smallest absolute Gasteiger partial charge is 0.233 e. The van der Waals surface area contributed by atoms with Crippen LogP contribution in [0.5, 0.6) is 0 Å². The van der Waals surface area contributed by atoms with E-state index in [1.54, 1.807) is 11.9 Å². The fraction of sp³-hybridized carbons (Fsp3) is 0.312. The molecule has 1 amide bonds. The first-order chi connectivity index (χ1) is 9.95. The zero-order chi connectivity index (χ0) is 15.4. The fourth-order valence-electron chi connectivity index (χ4n) is 1.89. The number of furan rings is 1. The van der Waals surface area contributed by atoms with E-state index in [1.807, 2.05) is 44.2 Å². The van der Waals surface area contributed by atoms with Crippen LogP contribution < -0.4 is 5.73 Å². The Kier molecular flexibility index (Phi) is 4.96. The number of hydrogen-bond acceptors (Lipinski definition) is 4. The first kappa shape index (κ1) is 15.5. The number of benzene rings is 1. The van der Waals surface area contributed by atoms with Crippen molar-refractivity contribution in [1.82, 2.24) is 4.90 Å². The highest BCUT2D eigenvalue weighted by atomic mass is 32.2. The van der Waals surface area contributed by atoms with Gasteiger partial charge in [-0.1, -0.05) is 0 Å². The van der Waals surface area contributed by atoms with E-state index in [0.717, 1.165) is 27.7 Å². The summed E-state index contributed by atoms with van der Waals surface area (Å²) in [4.78, 5) is 14.8. The van der Waals surface area contributed by atoms with Gasteiger partial charge < -0.3 is 15.1 Å². The third-order valence-electron chi connectivity index (χ3n) is 3.22. The normalized spacial score (nSPS) is 10.6. The number of aryl methyl sites for hydroxylation is 2. The quantitative estimate of drug-likeness (QED) is 0.680. The van der Waals surface area contributed by atoms with E-state index in [9.17, 15) is 4.79 Å². The molecule has 112 valence electrons. The van der Waals surface area contributed by atoms with Crippen molar-refractivity contribution < 1.29 is 9.21 Å². The van der Waals surface area contributed by atoms with Crippen molar-refractivity contribution in [3.8, 4) is 0 Å². The van der Waals surface area contributed by atoms with Gasteiger partial charge in [0.15, 0.2) is 0 Å². The first-order valence-corrected chi connectivity index (χ1v) is 7.72. The molecule has 4 nitrogen and oxygen atoms in total. The lowest BCUT2D eigenvalue weighted by Crippen LogP contribution is -2.27. The molecule has 0 aliphatic carbocycles. The standard InChI is InChI=1S/C16H20N2O2S/c1-11-8-14(6-7-15(11)17)21-10-16(19)18(3)9-13-5-4-12(2)20-13/h4-8H,9-10,17H2,1-3H3. The van der Waals surface area contributed by atoms with E-state index in [2.05, 4.69) is 0 Å². The highest BCUT2D eigenvalue weighted by Gasteiger charge is 2.12. The molecule has 0 bridgehead atoms. The Morgan fingerprint density at radius 2 is 2.05 bits per heavy atom. The molecule has 0 saturated heterocycles. The lowest BCUT2D eigenvalue weighted by Gasteiger charge is -2.15. The SMILES string of the molecule is Cc1ccc(CN(C)C(=O)CSc2ccc(N)c(C)c2)o1. The van der Waals surface area contributed by atoms with Crippen molar-refractivity contribution in [1.29, 1.82) is 0 Å². The van der Waals surface area contributed by atoms with Crippen LogP contribution in [-0.4, -0.2) is 23.6 Å². The first-order valence-electron chi connectivity index (χ1n) is 6.74. The molecule has 0 unspecified atom stereocenters. The Balaban J connectivity index is 1.87. The van der Waals surface area contributed by atoms with Gasteiger partial charge in [0.1, 0.15) is 11.5 Å². The number of carbonyl (C=O) groups excluding carboxylic acids is 1. The zero-order valence-corrected chi connectivity index (χ0v) is 13.4. The third kappa shape index (κ3) is 4.29. The van der Waals surface area contributed by atoms with Gasteiger partial charge in [0.05, 0.1) is 12.3 Å². The Labute approximate surface area is 129 Å². The molecule has 1 aromatic heterocycles. The molecular formula is C16H20N2O2S. The monoisotopic (exact) mass is 304 g/mol. The Bertz CT molecular complexity index is 637. The van der Waals surface area contributed by atoms with Crippen LogP contribution in [0.25, 0.3) is 0 Å². The lowest BCUT2D eigenvalue weighted by molar-refractivity contribution is -0.127. The summed E-state index contributed by atoms with van der Waals surface area (Å²) in [5.74, 6) is 2.14. The van der Waals surface area contributed by atoms with Crippen LogP contribution in [0.1, 0.15) is 17.1 Å². The maximum absolute atomic E-state index is 12.1. The molecule has 21 heavy (non-hydrogen) atoms. The van der Waals surface area contributed by atoms with Crippen LogP contribution in [0.4, 0.5) is 5.69 Å². The molecule has 0 saturated carbocycles. The van der Waals surface area contributed by atoms with Gasteiger partial charge in [-0.3, -0.25) is 4.79 Å². The van der Waals surface area contributed by atoms with Gasteiger partial charge in [-0.15, -0.1) is 11.8 Å². The van der Waals surface area contributed by atoms with Crippen molar-refractivity contribution in [3.63, 3.8) is 0 Å². The molecule has 0 aliphatic heterocycles. The Morgan fingerprint density at radius 1 is 1.29 bits per heavy atom. The largest absolute Gasteiger partial charge is 0.464 e. The Hall–Kier alpha value is -1.88. The minimum Gasteiger partial charge on any atom is -0.464 e. The summed E-state index contributed by atoms with van der Waals surface area (Å²) < 4.78 is 5.48. The highest BCUT2D eigenvalue weighted by molar-refractivity contribution is 8.00. The van der Waals surface area contributed by atoms with Crippen LogP contribution in [0.3, 0.4) is 0 Å². The molecule has 2 rings (SSSR count). The minimum absolute atomic E-state index is 0.0727. The van der Waals surface area contributed by atoms with E-state index >= 15 is 0 Å². The number of nitrogen functional groups attached to an aromatic ring is 1. The van der Waals surface area contributed by atoms with Crippen LogP contribution in [0.2, 0.25) is 0 Å². The zero-order valence-electron chi connectivity index (χ0n) is 12.6. The van der Waals surface area contributed by atoms with Crippen molar-refractivity contribution in [2.75, 3.05) is 18.5 Å². The topological polar surface area (TPSA) is 59.5 Å². The van der Waals surface area contributed by atoms with Crippen LogP contribution >= 0.6 is 11.8 Å². The van der Waals surface area contributed by atoms with Gasteiger partial charge in [0, 0.05) is 17.6 Å². The van der Waals surface area contributed by atoms with Crippen molar-refractivity contribution in [3.05, 3.63) is 47.4 Å². The minimum atomic E-state index is 0.0727. The average Bonchev–Trinajstić information content (AvgIpc) is 2.85. The van der Waals surface area contributed by atoms with Crippen LogP contribution in [0, 0.1) is 13.8 Å². The number of rotatable bonds is 5. The summed E-state index contributed by atoms with van der Waals surface area (Å²) in [5.41, 5.74) is 7.59.